The molecule has 34 heavy (non-hydrogen) atoms. The van der Waals surface area contributed by atoms with Crippen LogP contribution in [0.4, 0.5) is 5.69 Å². The maximum atomic E-state index is 13.0. The first-order valence-corrected chi connectivity index (χ1v) is 11.2. The van der Waals surface area contributed by atoms with Crippen molar-refractivity contribution in [2.45, 2.75) is 13.8 Å². The molecule has 1 aromatic heterocycles. The molecular weight excluding hydrogens is 422 g/mol. The van der Waals surface area contributed by atoms with Crippen LogP contribution in [0.1, 0.15) is 18.1 Å². The number of nitrogens with one attached hydrogen (secondary N) is 1. The highest BCUT2D eigenvalue weighted by molar-refractivity contribution is 6.09. The number of aryl methyl sites for hydroxylation is 1. The predicted molar refractivity (Wildman–Crippen MR) is 139 cm³/mol. The lowest BCUT2D eigenvalue weighted by atomic mass is 9.96. The van der Waals surface area contributed by atoms with Crippen molar-refractivity contribution in [1.29, 1.82) is 0 Å². The van der Waals surface area contributed by atoms with E-state index in [-0.39, 0.29) is 5.91 Å². The molecule has 0 saturated carbocycles. The molecule has 1 amide bonds. The summed E-state index contributed by atoms with van der Waals surface area (Å²) in [5.74, 6) is 0.511. The Morgan fingerprint density at radius 2 is 1.68 bits per heavy atom. The molecule has 0 aliphatic heterocycles. The van der Waals surface area contributed by atoms with Crippen LogP contribution in [0, 0.1) is 6.92 Å². The molecule has 0 aliphatic rings. The Morgan fingerprint density at radius 3 is 2.47 bits per heavy atom. The van der Waals surface area contributed by atoms with Gasteiger partial charge in [-0.05, 0) is 42.5 Å². The number of ether oxygens (including phenoxy) is 1. The Balaban J connectivity index is 1.55. The number of hydrogen-bond donors (Lipinski definition) is 1. The average Bonchev–Trinajstić information content (AvgIpc) is 3.29. The largest absolute Gasteiger partial charge is 0.496 e. The third-order valence-electron chi connectivity index (χ3n) is 6.15. The van der Waals surface area contributed by atoms with Gasteiger partial charge in [0.25, 0.3) is 0 Å². The highest BCUT2D eigenvalue weighted by Crippen LogP contribution is 2.40. The second-order valence-corrected chi connectivity index (χ2v) is 8.32. The summed E-state index contributed by atoms with van der Waals surface area (Å²) in [6.45, 7) is 3.90. The molecule has 0 bridgehead atoms. The van der Waals surface area contributed by atoms with Gasteiger partial charge in [-0.2, -0.15) is 0 Å². The van der Waals surface area contributed by atoms with Crippen molar-refractivity contribution in [3.8, 4) is 16.9 Å². The van der Waals surface area contributed by atoms with Gasteiger partial charge in [0.2, 0.25) is 5.91 Å². The highest BCUT2D eigenvalue weighted by Gasteiger charge is 2.19. The molecule has 168 valence electrons. The number of furan rings is 1. The molecule has 5 aromatic rings. The van der Waals surface area contributed by atoms with E-state index in [0.717, 1.165) is 55.3 Å². The Hall–Kier alpha value is -4.31. The van der Waals surface area contributed by atoms with Gasteiger partial charge in [-0.1, -0.05) is 66.7 Å². The average molecular weight is 448 g/mol. The summed E-state index contributed by atoms with van der Waals surface area (Å²) < 4.78 is 11.7. The lowest BCUT2D eigenvalue weighted by molar-refractivity contribution is -0.111. The highest BCUT2D eigenvalue weighted by atomic mass is 16.5. The monoisotopic (exact) mass is 447 g/mol. The van der Waals surface area contributed by atoms with Crippen LogP contribution in [-0.4, -0.2) is 13.0 Å². The number of carbonyl (C=O) groups is 1. The van der Waals surface area contributed by atoms with Crippen LogP contribution in [0.5, 0.6) is 5.75 Å². The summed E-state index contributed by atoms with van der Waals surface area (Å²) in [7, 11) is 1.64. The van der Waals surface area contributed by atoms with Crippen LogP contribution in [0.2, 0.25) is 0 Å². The minimum Gasteiger partial charge on any atom is -0.496 e. The third-order valence-corrected chi connectivity index (χ3v) is 6.15. The lowest BCUT2D eigenvalue weighted by Gasteiger charge is -2.13. The van der Waals surface area contributed by atoms with Crippen molar-refractivity contribution in [2.75, 3.05) is 12.4 Å². The number of amides is 1. The van der Waals surface area contributed by atoms with Crippen LogP contribution >= 0.6 is 0 Å². The van der Waals surface area contributed by atoms with E-state index in [4.69, 9.17) is 9.15 Å². The van der Waals surface area contributed by atoms with Crippen molar-refractivity contribution in [1.82, 2.24) is 0 Å². The summed E-state index contributed by atoms with van der Waals surface area (Å²) in [5.41, 5.74) is 6.22. The molecule has 0 aliphatic carbocycles. The van der Waals surface area contributed by atoms with Gasteiger partial charge in [0, 0.05) is 39.2 Å². The number of hydrogen-bond acceptors (Lipinski definition) is 3. The quantitative estimate of drug-likeness (QED) is 0.282. The van der Waals surface area contributed by atoms with E-state index < -0.39 is 0 Å². The number of anilines is 1. The fraction of sp³-hybridized carbons (Fsp3) is 0.100. The maximum absolute atomic E-state index is 13.0. The first kappa shape index (κ1) is 21.5. The van der Waals surface area contributed by atoms with E-state index in [2.05, 4.69) is 17.4 Å². The van der Waals surface area contributed by atoms with Crippen LogP contribution < -0.4 is 10.1 Å². The molecular formula is C30H25NO3. The Morgan fingerprint density at radius 1 is 0.941 bits per heavy atom. The molecule has 4 aromatic carbocycles. The van der Waals surface area contributed by atoms with E-state index in [0.29, 0.717) is 5.75 Å². The first-order valence-electron chi connectivity index (χ1n) is 11.2. The third kappa shape index (κ3) is 3.84. The first-order chi connectivity index (χ1) is 16.6. The molecule has 5 rings (SSSR count). The number of rotatable bonds is 5. The second-order valence-electron chi connectivity index (χ2n) is 8.32. The molecule has 4 heteroatoms. The summed E-state index contributed by atoms with van der Waals surface area (Å²) in [5, 5.41) is 6.11. The van der Waals surface area contributed by atoms with Crippen LogP contribution in [0.25, 0.3) is 38.4 Å². The summed E-state index contributed by atoms with van der Waals surface area (Å²) >= 11 is 0. The molecule has 1 heterocycles. The minimum atomic E-state index is -0.191. The summed E-state index contributed by atoms with van der Waals surface area (Å²) in [6.07, 6.45) is 3.40. The number of allylic oxidation sites excluding steroid dienone is 1. The fourth-order valence-electron chi connectivity index (χ4n) is 4.49. The van der Waals surface area contributed by atoms with E-state index in [1.54, 1.807) is 19.4 Å². The van der Waals surface area contributed by atoms with Gasteiger partial charge >= 0.3 is 0 Å². The number of fused-ring (bicyclic) bond motifs is 2. The number of methoxy groups -OCH3 is 1. The van der Waals surface area contributed by atoms with Crippen molar-refractivity contribution in [3.05, 3.63) is 102 Å². The van der Waals surface area contributed by atoms with E-state index in [1.807, 2.05) is 80.6 Å². The molecule has 0 atom stereocenters. The van der Waals surface area contributed by atoms with Gasteiger partial charge in [-0.25, -0.2) is 0 Å². The van der Waals surface area contributed by atoms with Crippen LogP contribution in [0.3, 0.4) is 0 Å². The van der Waals surface area contributed by atoms with E-state index in [1.165, 1.54) is 0 Å². The molecule has 0 fully saturated rings. The minimum absolute atomic E-state index is 0.191. The zero-order valence-electron chi connectivity index (χ0n) is 19.4. The van der Waals surface area contributed by atoms with Gasteiger partial charge in [0.1, 0.15) is 11.3 Å². The predicted octanol–water partition coefficient (Wildman–Crippen LogP) is 7.61. The molecule has 0 spiro atoms. The topological polar surface area (TPSA) is 51.5 Å². The van der Waals surface area contributed by atoms with Gasteiger partial charge < -0.3 is 14.5 Å². The second kappa shape index (κ2) is 8.91. The Kier molecular flexibility index (Phi) is 5.64. The molecule has 0 unspecified atom stereocenters. The molecule has 0 radical (unpaired) electrons. The molecule has 1 N–H and O–H groups in total. The molecule has 0 saturated heterocycles. The SMILES string of the molecule is COc1c(/C(C)=C/C(=O)Nc2cccc3ccccc23)cc2c(-c3ccccc3)coc2c1C. The van der Waals surface area contributed by atoms with Gasteiger partial charge in [-0.15, -0.1) is 0 Å². The summed E-state index contributed by atoms with van der Waals surface area (Å²) in [4.78, 5) is 13.0. The fourth-order valence-corrected chi connectivity index (χ4v) is 4.49. The number of carbonyl (C=O) groups excluding carboxylic acids is 1. The van der Waals surface area contributed by atoms with Crippen LogP contribution in [-0.2, 0) is 4.79 Å². The van der Waals surface area contributed by atoms with Crippen molar-refractivity contribution in [2.24, 2.45) is 0 Å². The Labute approximate surface area is 198 Å². The Bertz CT molecular complexity index is 1540. The van der Waals surface area contributed by atoms with E-state index >= 15 is 0 Å². The number of benzene rings is 4. The van der Waals surface area contributed by atoms with Crippen molar-refractivity contribution < 1.29 is 13.9 Å². The zero-order chi connectivity index (χ0) is 23.7. The van der Waals surface area contributed by atoms with Crippen LogP contribution in [0.15, 0.2) is 95.6 Å². The maximum Gasteiger partial charge on any atom is 0.248 e. The zero-order valence-corrected chi connectivity index (χ0v) is 19.4. The summed E-state index contributed by atoms with van der Waals surface area (Å²) in [6, 6.07) is 26.1. The van der Waals surface area contributed by atoms with E-state index in [9.17, 15) is 4.79 Å². The normalized spacial score (nSPS) is 11.7. The lowest BCUT2D eigenvalue weighted by Crippen LogP contribution is -2.09. The van der Waals surface area contributed by atoms with Crippen molar-refractivity contribution in [3.63, 3.8) is 0 Å². The van der Waals surface area contributed by atoms with Gasteiger partial charge in [0.05, 0.1) is 13.4 Å². The van der Waals surface area contributed by atoms with Crippen molar-refractivity contribution >= 4 is 38.9 Å². The van der Waals surface area contributed by atoms with Gasteiger partial charge in [0.15, 0.2) is 0 Å². The molecule has 4 nitrogen and oxygen atoms in total. The smallest absolute Gasteiger partial charge is 0.248 e. The standard InChI is InChI=1S/C30H25NO3/c1-19(16-28(32)31-27-15-9-13-21-12-7-8-14-23(21)27)24-17-25-26(22-10-5-4-6-11-22)18-34-30(25)20(2)29(24)33-3/h4-18H,1-3H3,(H,31,32)/b19-16+. The van der Waals surface area contributed by atoms with Gasteiger partial charge in [-0.3, -0.25) is 4.79 Å².